The Bertz CT molecular complexity index is 667. The lowest BCUT2D eigenvalue weighted by atomic mass is 10.2. The second kappa shape index (κ2) is 5.27. The minimum Gasteiger partial charge on any atom is -0.340 e. The second-order valence-electron chi connectivity index (χ2n) is 4.30. The molecule has 0 amide bonds. The van der Waals surface area contributed by atoms with Gasteiger partial charge in [0.25, 0.3) is 0 Å². The van der Waals surface area contributed by atoms with Gasteiger partial charge in [0.15, 0.2) is 0 Å². The second-order valence-corrected chi connectivity index (χ2v) is 6.05. The molecule has 0 bridgehead atoms. The van der Waals surface area contributed by atoms with Gasteiger partial charge in [-0.1, -0.05) is 12.1 Å². The molecule has 0 unspecified atom stereocenters. The first-order chi connectivity index (χ1) is 8.92. The summed E-state index contributed by atoms with van der Waals surface area (Å²) in [5, 5.41) is 3.15. The number of rotatable bonds is 4. The van der Waals surface area contributed by atoms with Gasteiger partial charge in [-0.3, -0.25) is 4.72 Å². The van der Waals surface area contributed by atoms with Crippen molar-refractivity contribution < 1.29 is 8.42 Å². The molecule has 19 heavy (non-hydrogen) atoms. The molecule has 0 aliphatic rings. The van der Waals surface area contributed by atoms with Crippen LogP contribution in [0.5, 0.6) is 0 Å². The number of nitrogens with one attached hydrogen (secondary N) is 2. The highest BCUT2D eigenvalue weighted by Gasteiger charge is 2.02. The van der Waals surface area contributed by atoms with Gasteiger partial charge in [0.05, 0.1) is 18.1 Å². The maximum Gasteiger partial charge on any atom is 0.229 e. The number of hydrogen-bond donors (Lipinski definition) is 2. The number of anilines is 3. The summed E-state index contributed by atoms with van der Waals surface area (Å²) in [4.78, 5) is 4.15. The van der Waals surface area contributed by atoms with Crippen LogP contribution in [0.2, 0.25) is 0 Å². The molecule has 1 aromatic carbocycles. The number of aryl methyl sites for hydroxylation is 1. The zero-order valence-corrected chi connectivity index (χ0v) is 11.5. The monoisotopic (exact) mass is 277 g/mol. The molecule has 0 saturated heterocycles. The Labute approximate surface area is 112 Å². The minimum atomic E-state index is -3.26. The predicted octanol–water partition coefficient (Wildman–Crippen LogP) is 2.51. The number of nitrogens with zero attached hydrogens (tertiary/aromatic N) is 1. The number of aromatic nitrogens is 1. The summed E-state index contributed by atoms with van der Waals surface area (Å²) in [6.45, 7) is 2.01. The van der Waals surface area contributed by atoms with E-state index in [-0.39, 0.29) is 0 Å². The third kappa shape index (κ3) is 4.26. The summed E-state index contributed by atoms with van der Waals surface area (Å²) in [5.41, 5.74) is 2.54. The van der Waals surface area contributed by atoms with Gasteiger partial charge in [0, 0.05) is 5.69 Å². The van der Waals surface area contributed by atoms with Crippen LogP contribution in [0.3, 0.4) is 0 Å². The Kier molecular flexibility index (Phi) is 3.71. The Hall–Kier alpha value is -2.08. The first-order valence-electron chi connectivity index (χ1n) is 5.70. The highest BCUT2D eigenvalue weighted by atomic mass is 32.2. The highest BCUT2D eigenvalue weighted by Crippen LogP contribution is 2.17. The van der Waals surface area contributed by atoms with E-state index in [9.17, 15) is 8.42 Å². The van der Waals surface area contributed by atoms with Gasteiger partial charge in [-0.25, -0.2) is 13.4 Å². The molecule has 1 heterocycles. The minimum absolute atomic E-state index is 0.442. The van der Waals surface area contributed by atoms with Crippen LogP contribution in [0.4, 0.5) is 17.2 Å². The van der Waals surface area contributed by atoms with E-state index in [1.165, 1.54) is 6.20 Å². The molecule has 0 atom stereocenters. The van der Waals surface area contributed by atoms with E-state index in [2.05, 4.69) is 15.0 Å². The fourth-order valence-electron chi connectivity index (χ4n) is 1.61. The van der Waals surface area contributed by atoms with Gasteiger partial charge in [0.1, 0.15) is 5.82 Å². The molecule has 2 rings (SSSR count). The van der Waals surface area contributed by atoms with Crippen LogP contribution >= 0.6 is 0 Å². The summed E-state index contributed by atoms with van der Waals surface area (Å²) < 4.78 is 24.5. The first kappa shape index (κ1) is 13.4. The van der Waals surface area contributed by atoms with Crippen molar-refractivity contribution in [1.82, 2.24) is 4.98 Å². The molecule has 5 nitrogen and oxygen atoms in total. The Balaban J connectivity index is 2.11. The van der Waals surface area contributed by atoms with Gasteiger partial charge < -0.3 is 5.32 Å². The molecular formula is C13H15N3O2S. The van der Waals surface area contributed by atoms with Crippen molar-refractivity contribution in [2.45, 2.75) is 6.92 Å². The van der Waals surface area contributed by atoms with Crippen molar-refractivity contribution in [2.75, 3.05) is 16.3 Å². The third-order valence-electron chi connectivity index (χ3n) is 2.36. The Morgan fingerprint density at radius 1 is 1.11 bits per heavy atom. The summed E-state index contributed by atoms with van der Waals surface area (Å²) in [7, 11) is -3.26. The highest BCUT2D eigenvalue weighted by molar-refractivity contribution is 7.92. The third-order valence-corrected chi connectivity index (χ3v) is 2.96. The SMILES string of the molecule is Cc1cccc(Nc2ccc(NS(C)(=O)=O)cn2)c1. The number of sulfonamides is 1. The lowest BCUT2D eigenvalue weighted by molar-refractivity contribution is 0.607. The lowest BCUT2D eigenvalue weighted by Gasteiger charge is -2.07. The summed E-state index contributed by atoms with van der Waals surface area (Å²) in [6, 6.07) is 11.3. The predicted molar refractivity (Wildman–Crippen MR) is 77.2 cm³/mol. The van der Waals surface area contributed by atoms with Crippen molar-refractivity contribution in [3.63, 3.8) is 0 Å². The van der Waals surface area contributed by atoms with E-state index in [4.69, 9.17) is 0 Å². The zero-order valence-electron chi connectivity index (χ0n) is 10.7. The van der Waals surface area contributed by atoms with Crippen LogP contribution < -0.4 is 10.0 Å². The molecule has 0 spiro atoms. The molecule has 2 aromatic rings. The Morgan fingerprint density at radius 2 is 1.89 bits per heavy atom. The molecule has 2 N–H and O–H groups in total. The van der Waals surface area contributed by atoms with Crippen LogP contribution in [0.1, 0.15) is 5.56 Å². The largest absolute Gasteiger partial charge is 0.340 e. The topological polar surface area (TPSA) is 71.1 Å². The van der Waals surface area contributed by atoms with Crippen LogP contribution in [0.15, 0.2) is 42.6 Å². The summed E-state index contributed by atoms with van der Waals surface area (Å²) in [6.07, 6.45) is 2.57. The number of hydrogen-bond acceptors (Lipinski definition) is 4. The molecular weight excluding hydrogens is 262 g/mol. The van der Waals surface area contributed by atoms with E-state index in [0.29, 0.717) is 11.5 Å². The van der Waals surface area contributed by atoms with Crippen molar-refractivity contribution in [1.29, 1.82) is 0 Å². The molecule has 100 valence electrons. The van der Waals surface area contributed by atoms with Gasteiger partial charge in [-0.15, -0.1) is 0 Å². The standard InChI is InChI=1S/C13H15N3O2S/c1-10-4-3-5-11(8-10)15-13-7-6-12(9-14-13)16-19(2,17)18/h3-9,16H,1-2H3,(H,14,15). The number of benzene rings is 1. The number of pyridine rings is 1. The Morgan fingerprint density at radius 3 is 2.47 bits per heavy atom. The van der Waals surface area contributed by atoms with Crippen molar-refractivity contribution in [3.8, 4) is 0 Å². The van der Waals surface area contributed by atoms with Crippen LogP contribution in [0.25, 0.3) is 0 Å². The summed E-state index contributed by atoms with van der Waals surface area (Å²) in [5.74, 6) is 0.657. The quantitative estimate of drug-likeness (QED) is 0.900. The summed E-state index contributed by atoms with van der Waals surface area (Å²) >= 11 is 0. The van der Waals surface area contributed by atoms with E-state index >= 15 is 0 Å². The molecule has 0 aliphatic heterocycles. The van der Waals surface area contributed by atoms with Crippen LogP contribution in [-0.2, 0) is 10.0 Å². The van der Waals surface area contributed by atoms with Crippen LogP contribution in [0, 0.1) is 6.92 Å². The molecule has 0 aliphatic carbocycles. The lowest BCUT2D eigenvalue weighted by Crippen LogP contribution is -2.09. The normalized spacial score (nSPS) is 11.1. The van der Waals surface area contributed by atoms with Gasteiger partial charge in [-0.05, 0) is 36.8 Å². The maximum atomic E-state index is 11.1. The average molecular weight is 277 g/mol. The molecule has 1 aromatic heterocycles. The fraction of sp³-hybridized carbons (Fsp3) is 0.154. The zero-order chi connectivity index (χ0) is 13.9. The van der Waals surface area contributed by atoms with Gasteiger partial charge in [0.2, 0.25) is 10.0 Å². The fourth-order valence-corrected chi connectivity index (χ4v) is 2.16. The van der Waals surface area contributed by atoms with Crippen molar-refractivity contribution in [3.05, 3.63) is 48.2 Å². The first-order valence-corrected chi connectivity index (χ1v) is 7.59. The van der Waals surface area contributed by atoms with Crippen molar-refractivity contribution in [2.24, 2.45) is 0 Å². The van der Waals surface area contributed by atoms with E-state index in [0.717, 1.165) is 17.5 Å². The van der Waals surface area contributed by atoms with E-state index in [1.54, 1.807) is 12.1 Å². The van der Waals surface area contributed by atoms with Gasteiger partial charge >= 0.3 is 0 Å². The molecule has 0 saturated carbocycles. The van der Waals surface area contributed by atoms with Crippen LogP contribution in [-0.4, -0.2) is 19.7 Å². The molecule has 6 heteroatoms. The van der Waals surface area contributed by atoms with E-state index in [1.807, 2.05) is 31.2 Å². The smallest absolute Gasteiger partial charge is 0.229 e. The van der Waals surface area contributed by atoms with Crippen molar-refractivity contribution >= 4 is 27.2 Å². The maximum absolute atomic E-state index is 11.1. The van der Waals surface area contributed by atoms with E-state index < -0.39 is 10.0 Å². The van der Waals surface area contributed by atoms with Gasteiger partial charge in [-0.2, -0.15) is 0 Å². The molecule has 0 fully saturated rings. The average Bonchev–Trinajstić information content (AvgIpc) is 2.30. The molecule has 0 radical (unpaired) electrons.